The Bertz CT molecular complexity index is 419. The van der Waals surface area contributed by atoms with Gasteiger partial charge in [-0.1, -0.05) is 13.0 Å². The monoisotopic (exact) mass is 281 g/mol. The van der Waals surface area contributed by atoms with Crippen molar-refractivity contribution >= 4 is 0 Å². The normalized spacial score (nSPS) is 17.9. The van der Waals surface area contributed by atoms with Crippen molar-refractivity contribution in [2.45, 2.75) is 32.7 Å². The van der Waals surface area contributed by atoms with Crippen LogP contribution in [-0.2, 0) is 4.74 Å². The molecule has 20 heavy (non-hydrogen) atoms. The SMILES string of the molecule is CCNC(C)c1ccc(OCC2CCOCC2)cc1F. The topological polar surface area (TPSA) is 30.5 Å². The summed E-state index contributed by atoms with van der Waals surface area (Å²) in [6.07, 6.45) is 2.05. The first-order chi connectivity index (χ1) is 9.70. The van der Waals surface area contributed by atoms with Crippen LogP contribution >= 0.6 is 0 Å². The average molecular weight is 281 g/mol. The van der Waals surface area contributed by atoms with Gasteiger partial charge in [0, 0.05) is 30.9 Å². The van der Waals surface area contributed by atoms with E-state index in [9.17, 15) is 4.39 Å². The molecule has 1 aliphatic heterocycles. The van der Waals surface area contributed by atoms with Gasteiger partial charge in [0.05, 0.1) is 6.61 Å². The second-order valence-electron chi connectivity index (χ2n) is 5.33. The zero-order chi connectivity index (χ0) is 14.4. The summed E-state index contributed by atoms with van der Waals surface area (Å²) in [5, 5.41) is 3.21. The highest BCUT2D eigenvalue weighted by Crippen LogP contribution is 2.23. The van der Waals surface area contributed by atoms with Crippen molar-refractivity contribution in [2.75, 3.05) is 26.4 Å². The van der Waals surface area contributed by atoms with Crippen LogP contribution in [0.5, 0.6) is 5.75 Å². The first-order valence-corrected chi connectivity index (χ1v) is 7.44. The van der Waals surface area contributed by atoms with Gasteiger partial charge in [-0.2, -0.15) is 0 Å². The molecule has 0 spiro atoms. The van der Waals surface area contributed by atoms with E-state index in [0.717, 1.165) is 32.6 Å². The van der Waals surface area contributed by atoms with Crippen LogP contribution < -0.4 is 10.1 Å². The van der Waals surface area contributed by atoms with Crippen LogP contribution in [-0.4, -0.2) is 26.4 Å². The van der Waals surface area contributed by atoms with Gasteiger partial charge in [-0.3, -0.25) is 0 Å². The molecule has 0 bridgehead atoms. The molecule has 0 amide bonds. The number of rotatable bonds is 6. The lowest BCUT2D eigenvalue weighted by Crippen LogP contribution is -2.21. The van der Waals surface area contributed by atoms with Gasteiger partial charge in [0.2, 0.25) is 0 Å². The van der Waals surface area contributed by atoms with Crippen LogP contribution in [0.1, 0.15) is 38.3 Å². The molecule has 2 rings (SSSR count). The number of hydrogen-bond acceptors (Lipinski definition) is 3. The lowest BCUT2D eigenvalue weighted by molar-refractivity contribution is 0.0497. The molecule has 3 nitrogen and oxygen atoms in total. The quantitative estimate of drug-likeness (QED) is 0.868. The summed E-state index contributed by atoms with van der Waals surface area (Å²) in [6, 6.07) is 5.17. The van der Waals surface area contributed by atoms with Crippen molar-refractivity contribution < 1.29 is 13.9 Å². The van der Waals surface area contributed by atoms with Crippen LogP contribution in [0.15, 0.2) is 18.2 Å². The van der Waals surface area contributed by atoms with Crippen LogP contribution in [0.25, 0.3) is 0 Å². The van der Waals surface area contributed by atoms with Crippen molar-refractivity contribution in [1.82, 2.24) is 5.32 Å². The van der Waals surface area contributed by atoms with E-state index >= 15 is 0 Å². The minimum absolute atomic E-state index is 0.0181. The summed E-state index contributed by atoms with van der Waals surface area (Å²) in [5.74, 6) is 0.927. The van der Waals surface area contributed by atoms with Gasteiger partial charge in [-0.05, 0) is 38.3 Å². The zero-order valence-corrected chi connectivity index (χ0v) is 12.3. The van der Waals surface area contributed by atoms with E-state index in [1.54, 1.807) is 0 Å². The molecule has 0 radical (unpaired) electrons. The highest BCUT2D eigenvalue weighted by Gasteiger charge is 2.15. The fraction of sp³-hybridized carbons (Fsp3) is 0.625. The lowest BCUT2D eigenvalue weighted by atomic mass is 10.0. The van der Waals surface area contributed by atoms with Crippen LogP contribution in [0.4, 0.5) is 4.39 Å². The molecule has 0 aromatic heterocycles. The standard InChI is InChI=1S/C16H24FNO2/c1-3-18-12(2)15-5-4-14(10-16(15)17)20-11-13-6-8-19-9-7-13/h4-5,10,12-13,18H,3,6-9,11H2,1-2H3. The predicted molar refractivity (Wildman–Crippen MR) is 77.5 cm³/mol. The number of halogens is 1. The van der Waals surface area contributed by atoms with Crippen LogP contribution in [0.2, 0.25) is 0 Å². The summed E-state index contributed by atoms with van der Waals surface area (Å²) >= 11 is 0. The summed E-state index contributed by atoms with van der Waals surface area (Å²) in [7, 11) is 0. The van der Waals surface area contributed by atoms with Crippen LogP contribution in [0, 0.1) is 11.7 Å². The van der Waals surface area contributed by atoms with Gasteiger partial charge >= 0.3 is 0 Å². The van der Waals surface area contributed by atoms with Crippen molar-refractivity contribution in [3.63, 3.8) is 0 Å². The van der Waals surface area contributed by atoms with Gasteiger partial charge in [-0.25, -0.2) is 4.39 Å². The van der Waals surface area contributed by atoms with Gasteiger partial charge < -0.3 is 14.8 Å². The van der Waals surface area contributed by atoms with Gasteiger partial charge in [0.15, 0.2) is 0 Å². The second-order valence-corrected chi connectivity index (χ2v) is 5.33. The Balaban J connectivity index is 1.91. The largest absolute Gasteiger partial charge is 0.493 e. The second kappa shape index (κ2) is 7.60. The third-order valence-electron chi connectivity index (χ3n) is 3.78. The molecule has 1 heterocycles. The molecule has 1 fully saturated rings. The molecule has 1 aliphatic rings. The molecule has 1 saturated heterocycles. The molecular weight excluding hydrogens is 257 g/mol. The summed E-state index contributed by atoms with van der Waals surface area (Å²) in [4.78, 5) is 0. The molecule has 0 saturated carbocycles. The summed E-state index contributed by atoms with van der Waals surface area (Å²) < 4.78 is 25.1. The van der Waals surface area contributed by atoms with Crippen LogP contribution in [0.3, 0.4) is 0 Å². The highest BCUT2D eigenvalue weighted by molar-refractivity contribution is 5.30. The predicted octanol–water partition coefficient (Wildman–Crippen LogP) is 3.30. The van der Waals surface area contributed by atoms with Crippen molar-refractivity contribution in [2.24, 2.45) is 5.92 Å². The molecule has 0 aliphatic carbocycles. The van der Waals surface area contributed by atoms with Crippen molar-refractivity contribution in [3.05, 3.63) is 29.6 Å². The van der Waals surface area contributed by atoms with Gasteiger partial charge in [-0.15, -0.1) is 0 Å². The number of nitrogens with one attached hydrogen (secondary N) is 1. The van der Waals surface area contributed by atoms with E-state index in [0.29, 0.717) is 23.8 Å². The highest BCUT2D eigenvalue weighted by atomic mass is 19.1. The van der Waals surface area contributed by atoms with E-state index in [1.165, 1.54) is 6.07 Å². The maximum absolute atomic E-state index is 14.0. The zero-order valence-electron chi connectivity index (χ0n) is 12.3. The van der Waals surface area contributed by atoms with E-state index in [2.05, 4.69) is 5.32 Å². The van der Waals surface area contributed by atoms with Gasteiger partial charge in [0.1, 0.15) is 11.6 Å². The van der Waals surface area contributed by atoms with E-state index in [1.807, 2.05) is 26.0 Å². The third-order valence-corrected chi connectivity index (χ3v) is 3.78. The minimum atomic E-state index is -0.206. The fourth-order valence-corrected chi connectivity index (χ4v) is 2.49. The first kappa shape index (κ1) is 15.3. The molecule has 1 N–H and O–H groups in total. The Morgan fingerprint density at radius 3 is 2.80 bits per heavy atom. The maximum Gasteiger partial charge on any atom is 0.131 e. The molecule has 1 aromatic carbocycles. The average Bonchev–Trinajstić information content (AvgIpc) is 2.46. The molecule has 4 heteroatoms. The molecular formula is C16H24FNO2. The first-order valence-electron chi connectivity index (χ1n) is 7.44. The Labute approximate surface area is 120 Å². The Hall–Kier alpha value is -1.13. The Morgan fingerprint density at radius 2 is 2.15 bits per heavy atom. The minimum Gasteiger partial charge on any atom is -0.493 e. The van der Waals surface area contributed by atoms with E-state index < -0.39 is 0 Å². The Morgan fingerprint density at radius 1 is 1.40 bits per heavy atom. The maximum atomic E-state index is 14.0. The molecule has 1 aromatic rings. The fourth-order valence-electron chi connectivity index (χ4n) is 2.49. The lowest BCUT2D eigenvalue weighted by Gasteiger charge is -2.22. The molecule has 112 valence electrons. The Kier molecular flexibility index (Phi) is 5.80. The van der Waals surface area contributed by atoms with E-state index in [-0.39, 0.29) is 11.9 Å². The number of ether oxygens (including phenoxy) is 2. The molecule has 1 unspecified atom stereocenters. The number of hydrogen-bond donors (Lipinski definition) is 1. The number of benzene rings is 1. The smallest absolute Gasteiger partial charge is 0.131 e. The summed E-state index contributed by atoms with van der Waals surface area (Å²) in [5.41, 5.74) is 0.685. The third kappa shape index (κ3) is 4.18. The van der Waals surface area contributed by atoms with E-state index in [4.69, 9.17) is 9.47 Å². The van der Waals surface area contributed by atoms with Gasteiger partial charge in [0.25, 0.3) is 0 Å². The molecule has 1 atom stereocenters. The summed E-state index contributed by atoms with van der Waals surface area (Å²) in [6.45, 7) is 7.06. The van der Waals surface area contributed by atoms with Crippen molar-refractivity contribution in [1.29, 1.82) is 0 Å². The van der Waals surface area contributed by atoms with Crippen molar-refractivity contribution in [3.8, 4) is 5.75 Å².